The highest BCUT2D eigenvalue weighted by Gasteiger charge is 2.50. The SMILES string of the molecule is COc1ccc([C@@]23CC[C@@H](NC(=O)Nc4cccc(C(F)(F)F)c4)C[C@@H]2N(C)CC3)cc1OC. The molecule has 1 aliphatic carbocycles. The number of hydrogen-bond donors (Lipinski definition) is 2. The molecule has 0 spiro atoms. The third-order valence-electron chi connectivity index (χ3n) is 7.27. The third kappa shape index (κ3) is 4.66. The number of likely N-dealkylation sites (N-methyl/N-ethyl adjacent to an activating group) is 1. The van der Waals surface area contributed by atoms with Crippen molar-refractivity contribution in [3.8, 4) is 11.5 Å². The highest BCUT2D eigenvalue weighted by Crippen LogP contribution is 2.49. The number of nitrogens with one attached hydrogen (secondary N) is 2. The van der Waals surface area contributed by atoms with Crippen LogP contribution < -0.4 is 20.1 Å². The summed E-state index contributed by atoms with van der Waals surface area (Å²) in [7, 11) is 5.34. The molecule has 1 saturated carbocycles. The van der Waals surface area contributed by atoms with Gasteiger partial charge in [0.2, 0.25) is 0 Å². The van der Waals surface area contributed by atoms with E-state index in [-0.39, 0.29) is 23.2 Å². The van der Waals surface area contributed by atoms with E-state index >= 15 is 0 Å². The number of ether oxygens (including phenoxy) is 2. The van der Waals surface area contributed by atoms with Gasteiger partial charge in [-0.25, -0.2) is 4.79 Å². The molecule has 2 aliphatic rings. The zero-order valence-corrected chi connectivity index (χ0v) is 19.5. The highest BCUT2D eigenvalue weighted by molar-refractivity contribution is 5.89. The molecule has 2 fully saturated rings. The monoisotopic (exact) mass is 477 g/mol. The van der Waals surface area contributed by atoms with E-state index in [2.05, 4.69) is 34.7 Å². The summed E-state index contributed by atoms with van der Waals surface area (Å²) >= 11 is 0. The van der Waals surface area contributed by atoms with Crippen LogP contribution in [0.3, 0.4) is 0 Å². The average molecular weight is 478 g/mol. The van der Waals surface area contributed by atoms with Crippen molar-refractivity contribution in [1.29, 1.82) is 0 Å². The minimum atomic E-state index is -4.46. The highest BCUT2D eigenvalue weighted by atomic mass is 19.4. The van der Waals surface area contributed by atoms with Crippen LogP contribution in [0, 0.1) is 0 Å². The van der Waals surface area contributed by atoms with Crippen LogP contribution in [0.25, 0.3) is 0 Å². The van der Waals surface area contributed by atoms with Crippen molar-refractivity contribution in [2.24, 2.45) is 0 Å². The zero-order valence-electron chi connectivity index (χ0n) is 19.5. The molecule has 1 aliphatic heterocycles. The van der Waals surface area contributed by atoms with E-state index in [0.717, 1.165) is 44.4 Å². The quantitative estimate of drug-likeness (QED) is 0.634. The molecule has 34 heavy (non-hydrogen) atoms. The number of alkyl halides is 3. The largest absolute Gasteiger partial charge is 0.493 e. The number of fused-ring (bicyclic) bond motifs is 1. The van der Waals surface area contributed by atoms with E-state index in [0.29, 0.717) is 11.5 Å². The Bertz CT molecular complexity index is 1050. The first-order valence-electron chi connectivity index (χ1n) is 11.3. The van der Waals surface area contributed by atoms with Gasteiger partial charge in [-0.2, -0.15) is 13.2 Å². The number of rotatable bonds is 5. The molecule has 2 aromatic carbocycles. The average Bonchev–Trinajstić information content (AvgIpc) is 3.15. The first-order valence-corrected chi connectivity index (χ1v) is 11.3. The maximum atomic E-state index is 13.0. The second kappa shape index (κ2) is 9.37. The molecule has 2 aromatic rings. The summed E-state index contributed by atoms with van der Waals surface area (Å²) < 4.78 is 49.8. The van der Waals surface area contributed by atoms with Crippen LogP contribution in [-0.4, -0.2) is 50.8 Å². The molecule has 0 unspecified atom stereocenters. The van der Waals surface area contributed by atoms with Crippen LogP contribution in [0.1, 0.15) is 36.8 Å². The Morgan fingerprint density at radius 2 is 1.85 bits per heavy atom. The fourth-order valence-corrected chi connectivity index (χ4v) is 5.52. The van der Waals surface area contributed by atoms with Crippen molar-refractivity contribution < 1.29 is 27.4 Å². The van der Waals surface area contributed by atoms with E-state index in [4.69, 9.17) is 9.47 Å². The van der Waals surface area contributed by atoms with E-state index in [9.17, 15) is 18.0 Å². The van der Waals surface area contributed by atoms with Gasteiger partial charge in [0.15, 0.2) is 11.5 Å². The normalized spacial score (nSPS) is 24.9. The van der Waals surface area contributed by atoms with Crippen molar-refractivity contribution in [2.75, 3.05) is 33.1 Å². The molecular formula is C25H30F3N3O3. The lowest BCUT2D eigenvalue weighted by molar-refractivity contribution is -0.137. The van der Waals surface area contributed by atoms with Gasteiger partial charge in [-0.15, -0.1) is 0 Å². The third-order valence-corrected chi connectivity index (χ3v) is 7.27. The number of carbonyl (C=O) groups excluding carboxylic acids is 1. The van der Waals surface area contributed by atoms with Gasteiger partial charge in [0.25, 0.3) is 0 Å². The van der Waals surface area contributed by atoms with Crippen molar-refractivity contribution >= 4 is 11.7 Å². The lowest BCUT2D eigenvalue weighted by Crippen LogP contribution is -2.52. The van der Waals surface area contributed by atoms with Gasteiger partial charge in [-0.3, -0.25) is 0 Å². The van der Waals surface area contributed by atoms with Crippen molar-refractivity contribution in [1.82, 2.24) is 10.2 Å². The summed E-state index contributed by atoms with van der Waals surface area (Å²) in [5, 5.41) is 5.51. The Hall–Kier alpha value is -2.94. The standard InChI is InChI=1S/C25H30F3N3O3/c1-31-12-11-24(16-7-8-20(33-2)21(14-16)34-3)10-9-19(15-22(24)31)30-23(32)29-18-6-4-5-17(13-18)25(26,27)28/h4-8,13-14,19,22H,9-12,15H2,1-3H3,(H2,29,30,32)/t19-,22+,24+/m1/s1. The Balaban J connectivity index is 1.46. The number of carbonyl (C=O) groups is 1. The molecule has 2 amide bonds. The van der Waals surface area contributed by atoms with Crippen LogP contribution in [0.4, 0.5) is 23.7 Å². The number of likely N-dealkylation sites (tertiary alicyclic amines) is 1. The van der Waals surface area contributed by atoms with Crippen molar-refractivity contribution in [3.63, 3.8) is 0 Å². The molecule has 0 radical (unpaired) electrons. The van der Waals surface area contributed by atoms with Gasteiger partial charge in [0.1, 0.15) is 0 Å². The summed E-state index contributed by atoms with van der Waals surface area (Å²) in [6.07, 6.45) is -1.05. The van der Waals surface area contributed by atoms with E-state index in [1.807, 2.05) is 6.07 Å². The molecule has 0 aromatic heterocycles. The fourth-order valence-electron chi connectivity index (χ4n) is 5.52. The van der Waals surface area contributed by atoms with Gasteiger partial charge < -0.3 is 25.0 Å². The van der Waals surface area contributed by atoms with Gasteiger partial charge in [-0.05, 0) is 75.2 Å². The minimum Gasteiger partial charge on any atom is -0.493 e. The zero-order chi connectivity index (χ0) is 24.5. The molecule has 3 atom stereocenters. The van der Waals surface area contributed by atoms with Crippen LogP contribution >= 0.6 is 0 Å². The Labute approximate surface area is 197 Å². The van der Waals surface area contributed by atoms with Crippen LogP contribution in [0.15, 0.2) is 42.5 Å². The predicted molar refractivity (Wildman–Crippen MR) is 123 cm³/mol. The smallest absolute Gasteiger partial charge is 0.416 e. The van der Waals surface area contributed by atoms with Gasteiger partial charge >= 0.3 is 12.2 Å². The fraction of sp³-hybridized carbons (Fsp3) is 0.480. The number of hydrogen-bond acceptors (Lipinski definition) is 4. The second-order valence-corrected chi connectivity index (χ2v) is 9.12. The summed E-state index contributed by atoms with van der Waals surface area (Å²) in [6.45, 7) is 0.947. The minimum absolute atomic E-state index is 0.0516. The molecule has 2 N–H and O–H groups in total. The lowest BCUT2D eigenvalue weighted by Gasteiger charge is -2.45. The maximum Gasteiger partial charge on any atom is 0.416 e. The van der Waals surface area contributed by atoms with Crippen LogP contribution in [-0.2, 0) is 11.6 Å². The van der Waals surface area contributed by atoms with Gasteiger partial charge in [0, 0.05) is 23.2 Å². The van der Waals surface area contributed by atoms with E-state index < -0.39 is 17.8 Å². The molecule has 4 rings (SSSR count). The van der Waals surface area contributed by atoms with Crippen molar-refractivity contribution in [2.45, 2.75) is 49.4 Å². The van der Waals surface area contributed by atoms with E-state index in [1.165, 1.54) is 17.7 Å². The number of methoxy groups -OCH3 is 2. The Kier molecular flexibility index (Phi) is 6.66. The molecule has 184 valence electrons. The lowest BCUT2D eigenvalue weighted by atomic mass is 9.65. The molecule has 6 nitrogen and oxygen atoms in total. The summed E-state index contributed by atoms with van der Waals surface area (Å²) in [5.74, 6) is 1.38. The van der Waals surface area contributed by atoms with Crippen molar-refractivity contribution in [3.05, 3.63) is 53.6 Å². The Morgan fingerprint density at radius 3 is 2.56 bits per heavy atom. The molecule has 0 bridgehead atoms. The second-order valence-electron chi connectivity index (χ2n) is 9.12. The first kappa shape index (κ1) is 24.2. The number of benzene rings is 2. The predicted octanol–water partition coefficient (Wildman–Crippen LogP) is 5.04. The Morgan fingerprint density at radius 1 is 1.09 bits per heavy atom. The first-order chi connectivity index (χ1) is 16.2. The molecular weight excluding hydrogens is 447 g/mol. The number of halogens is 3. The summed E-state index contributed by atoms with van der Waals surface area (Å²) in [6, 6.07) is 10.4. The maximum absolute atomic E-state index is 13.0. The van der Waals surface area contributed by atoms with Crippen LogP contribution in [0.5, 0.6) is 11.5 Å². The number of anilines is 1. The molecule has 1 saturated heterocycles. The summed E-state index contributed by atoms with van der Waals surface area (Å²) in [5.41, 5.74) is 0.465. The molecule has 9 heteroatoms. The van der Waals surface area contributed by atoms with Crippen LogP contribution in [0.2, 0.25) is 0 Å². The topological polar surface area (TPSA) is 62.8 Å². The number of nitrogens with zero attached hydrogens (tertiary/aromatic N) is 1. The number of amides is 2. The van der Waals surface area contributed by atoms with E-state index in [1.54, 1.807) is 14.2 Å². The molecule has 1 heterocycles. The number of urea groups is 1. The summed E-state index contributed by atoms with van der Waals surface area (Å²) in [4.78, 5) is 14.9. The van der Waals surface area contributed by atoms with Gasteiger partial charge in [0.05, 0.1) is 19.8 Å². The van der Waals surface area contributed by atoms with Gasteiger partial charge in [-0.1, -0.05) is 12.1 Å².